The van der Waals surface area contributed by atoms with Gasteiger partial charge in [-0.1, -0.05) is 54.2 Å². The van der Waals surface area contributed by atoms with Crippen molar-refractivity contribution in [2.45, 2.75) is 18.8 Å². The molecule has 0 unspecified atom stereocenters. The molecule has 1 aromatic heterocycles. The Balaban J connectivity index is 1.65. The van der Waals surface area contributed by atoms with Gasteiger partial charge in [-0.2, -0.15) is 0 Å². The van der Waals surface area contributed by atoms with Gasteiger partial charge < -0.3 is 9.88 Å². The van der Waals surface area contributed by atoms with Gasteiger partial charge in [0, 0.05) is 41.3 Å². The molecule has 4 rings (SSSR count). The SMILES string of the molecule is Cn1cc(C(=S)Nc2ccccc2-c2ccc(Cl)cc2)c(C2CC2)c1. The number of para-hydroxylation sites is 1. The van der Waals surface area contributed by atoms with Crippen LogP contribution in [-0.4, -0.2) is 9.56 Å². The van der Waals surface area contributed by atoms with Gasteiger partial charge in [0.15, 0.2) is 0 Å². The van der Waals surface area contributed by atoms with Crippen LogP contribution in [0.4, 0.5) is 5.69 Å². The molecule has 1 N–H and O–H groups in total. The third-order valence-corrected chi connectivity index (χ3v) is 5.15. The van der Waals surface area contributed by atoms with Gasteiger partial charge in [0.05, 0.1) is 0 Å². The summed E-state index contributed by atoms with van der Waals surface area (Å²) >= 11 is 11.8. The van der Waals surface area contributed by atoms with Crippen LogP contribution in [0, 0.1) is 0 Å². The van der Waals surface area contributed by atoms with Crippen LogP contribution in [0.3, 0.4) is 0 Å². The zero-order valence-electron chi connectivity index (χ0n) is 14.0. The highest BCUT2D eigenvalue weighted by Gasteiger charge is 2.28. The quantitative estimate of drug-likeness (QED) is 0.569. The van der Waals surface area contributed by atoms with Crippen molar-refractivity contribution in [3.8, 4) is 11.1 Å². The van der Waals surface area contributed by atoms with E-state index in [1.165, 1.54) is 18.4 Å². The maximum atomic E-state index is 6.02. The Morgan fingerprint density at radius 3 is 2.52 bits per heavy atom. The number of nitrogens with zero attached hydrogens (tertiary/aromatic N) is 1. The number of halogens is 1. The third kappa shape index (κ3) is 3.48. The molecular weight excluding hydrogens is 348 g/mol. The Kier molecular flexibility index (Phi) is 4.36. The van der Waals surface area contributed by atoms with E-state index in [0.29, 0.717) is 5.92 Å². The number of benzene rings is 2. The molecule has 1 fully saturated rings. The van der Waals surface area contributed by atoms with Crippen LogP contribution >= 0.6 is 23.8 Å². The van der Waals surface area contributed by atoms with E-state index in [9.17, 15) is 0 Å². The summed E-state index contributed by atoms with van der Waals surface area (Å²) in [5.41, 5.74) is 5.76. The summed E-state index contributed by atoms with van der Waals surface area (Å²) in [4.78, 5) is 0.781. The minimum absolute atomic E-state index is 0.669. The normalized spacial score (nSPS) is 13.7. The number of hydrogen-bond donors (Lipinski definition) is 1. The number of nitrogens with one attached hydrogen (secondary N) is 1. The van der Waals surface area contributed by atoms with Crippen LogP contribution in [0.5, 0.6) is 0 Å². The number of aryl methyl sites for hydroxylation is 1. The average molecular weight is 367 g/mol. The second-order valence-corrected chi connectivity index (χ2v) is 7.42. The summed E-state index contributed by atoms with van der Waals surface area (Å²) < 4.78 is 2.10. The summed E-state index contributed by atoms with van der Waals surface area (Å²) in [6, 6.07) is 16.1. The van der Waals surface area contributed by atoms with Crippen molar-refractivity contribution >= 4 is 34.5 Å². The molecule has 126 valence electrons. The Morgan fingerprint density at radius 2 is 1.80 bits per heavy atom. The van der Waals surface area contributed by atoms with Crippen molar-refractivity contribution < 1.29 is 0 Å². The predicted octanol–water partition coefficient (Wildman–Crippen LogP) is 6.01. The van der Waals surface area contributed by atoms with E-state index >= 15 is 0 Å². The largest absolute Gasteiger partial charge is 0.356 e. The predicted molar refractivity (Wildman–Crippen MR) is 110 cm³/mol. The summed E-state index contributed by atoms with van der Waals surface area (Å²) in [6.07, 6.45) is 6.85. The Hall–Kier alpha value is -2.10. The van der Waals surface area contributed by atoms with E-state index in [2.05, 4.69) is 41.5 Å². The van der Waals surface area contributed by atoms with Gasteiger partial charge in [0.2, 0.25) is 0 Å². The van der Waals surface area contributed by atoms with Gasteiger partial charge >= 0.3 is 0 Å². The molecular formula is C21H19ClN2S. The smallest absolute Gasteiger partial charge is 0.112 e. The maximum Gasteiger partial charge on any atom is 0.112 e. The van der Waals surface area contributed by atoms with Crippen molar-refractivity contribution in [2.75, 3.05) is 5.32 Å². The fourth-order valence-corrected chi connectivity index (χ4v) is 3.58. The minimum Gasteiger partial charge on any atom is -0.356 e. The van der Waals surface area contributed by atoms with Gasteiger partial charge in [-0.15, -0.1) is 0 Å². The van der Waals surface area contributed by atoms with Crippen molar-refractivity contribution in [2.24, 2.45) is 7.05 Å². The highest BCUT2D eigenvalue weighted by molar-refractivity contribution is 7.81. The number of aromatic nitrogens is 1. The fraction of sp³-hybridized carbons (Fsp3) is 0.190. The number of hydrogen-bond acceptors (Lipinski definition) is 1. The molecule has 0 aliphatic heterocycles. The molecule has 1 saturated carbocycles. The van der Waals surface area contributed by atoms with Gasteiger partial charge in [-0.3, -0.25) is 0 Å². The topological polar surface area (TPSA) is 17.0 Å². The van der Waals surface area contributed by atoms with Crippen molar-refractivity contribution in [1.29, 1.82) is 0 Å². The monoisotopic (exact) mass is 366 g/mol. The molecule has 0 amide bonds. The van der Waals surface area contributed by atoms with Crippen LogP contribution in [0.15, 0.2) is 60.9 Å². The molecule has 25 heavy (non-hydrogen) atoms. The van der Waals surface area contributed by atoms with Crippen molar-refractivity contribution in [3.05, 3.63) is 77.1 Å². The number of rotatable bonds is 4. The Bertz CT molecular complexity index is 923. The zero-order valence-corrected chi connectivity index (χ0v) is 15.6. The standard InChI is InChI=1S/C21H19ClN2S/c1-24-12-18(15-6-7-15)19(13-24)21(25)23-20-5-3-2-4-17(20)14-8-10-16(22)11-9-14/h2-5,8-13,15H,6-7H2,1H3,(H,23,25). The lowest BCUT2D eigenvalue weighted by molar-refractivity contribution is 0.918. The number of thiocarbonyl (C=S) groups is 1. The summed E-state index contributed by atoms with van der Waals surface area (Å²) in [7, 11) is 2.06. The second kappa shape index (κ2) is 6.66. The first kappa shape index (κ1) is 16.4. The molecule has 1 aliphatic carbocycles. The number of anilines is 1. The second-order valence-electron chi connectivity index (χ2n) is 6.57. The van der Waals surface area contributed by atoms with Crippen LogP contribution in [0.2, 0.25) is 5.02 Å². The highest BCUT2D eigenvalue weighted by atomic mass is 35.5. The van der Waals surface area contributed by atoms with Gasteiger partial charge in [0.25, 0.3) is 0 Å². The maximum absolute atomic E-state index is 6.02. The molecule has 0 spiro atoms. The Morgan fingerprint density at radius 1 is 1.08 bits per heavy atom. The molecule has 1 aliphatic rings. The first-order valence-electron chi connectivity index (χ1n) is 8.44. The first-order valence-corrected chi connectivity index (χ1v) is 9.22. The van der Waals surface area contributed by atoms with E-state index in [1.54, 1.807) is 0 Å². The molecule has 0 bridgehead atoms. The van der Waals surface area contributed by atoms with Crippen LogP contribution in [0.25, 0.3) is 11.1 Å². The zero-order chi connectivity index (χ0) is 17.4. The molecule has 1 heterocycles. The van der Waals surface area contributed by atoms with E-state index in [0.717, 1.165) is 32.4 Å². The summed E-state index contributed by atoms with van der Waals surface area (Å²) in [5.74, 6) is 0.669. The molecule has 0 saturated heterocycles. The van der Waals surface area contributed by atoms with Gasteiger partial charge in [-0.25, -0.2) is 0 Å². The lowest BCUT2D eigenvalue weighted by Crippen LogP contribution is -2.12. The van der Waals surface area contributed by atoms with Gasteiger partial charge in [-0.05, 0) is 48.1 Å². The van der Waals surface area contributed by atoms with Crippen molar-refractivity contribution in [1.82, 2.24) is 4.57 Å². The minimum atomic E-state index is 0.669. The fourth-order valence-electron chi connectivity index (χ4n) is 3.18. The van der Waals surface area contributed by atoms with E-state index in [1.807, 2.05) is 36.4 Å². The van der Waals surface area contributed by atoms with Crippen molar-refractivity contribution in [3.63, 3.8) is 0 Å². The highest BCUT2D eigenvalue weighted by Crippen LogP contribution is 2.42. The van der Waals surface area contributed by atoms with Crippen LogP contribution < -0.4 is 5.32 Å². The first-order chi connectivity index (χ1) is 12.1. The van der Waals surface area contributed by atoms with Crippen LogP contribution in [0.1, 0.15) is 29.9 Å². The molecule has 0 radical (unpaired) electrons. The summed E-state index contributed by atoms with van der Waals surface area (Å²) in [6.45, 7) is 0. The van der Waals surface area contributed by atoms with E-state index in [-0.39, 0.29) is 0 Å². The Labute approximate surface area is 158 Å². The molecule has 4 heteroatoms. The average Bonchev–Trinajstić information content (AvgIpc) is 3.38. The van der Waals surface area contributed by atoms with Crippen LogP contribution in [-0.2, 0) is 7.05 Å². The molecule has 3 aromatic rings. The van der Waals surface area contributed by atoms with E-state index in [4.69, 9.17) is 23.8 Å². The molecule has 2 nitrogen and oxygen atoms in total. The molecule has 0 atom stereocenters. The lowest BCUT2D eigenvalue weighted by Gasteiger charge is -2.13. The lowest BCUT2D eigenvalue weighted by atomic mass is 10.0. The summed E-state index contributed by atoms with van der Waals surface area (Å²) in [5, 5.41) is 4.20. The molecule has 2 aromatic carbocycles. The van der Waals surface area contributed by atoms with Gasteiger partial charge in [0.1, 0.15) is 4.99 Å². The van der Waals surface area contributed by atoms with E-state index < -0.39 is 0 Å². The third-order valence-electron chi connectivity index (χ3n) is 4.58.